The SMILES string of the molecule is CC1CNC(C)(CC2CCCOC2)OC1. The summed E-state index contributed by atoms with van der Waals surface area (Å²) in [6, 6.07) is 0. The van der Waals surface area contributed by atoms with Crippen LogP contribution in [0, 0.1) is 11.8 Å². The highest BCUT2D eigenvalue weighted by molar-refractivity contribution is 4.82. The topological polar surface area (TPSA) is 30.5 Å². The van der Waals surface area contributed by atoms with E-state index in [1.807, 2.05) is 0 Å². The highest BCUT2D eigenvalue weighted by Crippen LogP contribution is 2.27. The molecular formula is C12H23NO2. The second kappa shape index (κ2) is 4.81. The Morgan fingerprint density at radius 2 is 2.27 bits per heavy atom. The second-order valence-corrected chi connectivity index (χ2v) is 5.32. The van der Waals surface area contributed by atoms with Crippen molar-refractivity contribution in [1.29, 1.82) is 0 Å². The lowest BCUT2D eigenvalue weighted by Crippen LogP contribution is -2.53. The minimum atomic E-state index is -0.113. The van der Waals surface area contributed by atoms with Gasteiger partial charge in [-0.15, -0.1) is 0 Å². The first kappa shape index (κ1) is 11.4. The highest BCUT2D eigenvalue weighted by atomic mass is 16.5. The number of hydrogen-bond donors (Lipinski definition) is 1. The Labute approximate surface area is 92.5 Å². The molecule has 0 bridgehead atoms. The van der Waals surface area contributed by atoms with Crippen LogP contribution in [0.3, 0.4) is 0 Å². The third kappa shape index (κ3) is 3.16. The van der Waals surface area contributed by atoms with Gasteiger partial charge in [0.25, 0.3) is 0 Å². The minimum Gasteiger partial charge on any atom is -0.381 e. The van der Waals surface area contributed by atoms with E-state index in [1.54, 1.807) is 0 Å². The fourth-order valence-corrected chi connectivity index (χ4v) is 2.48. The molecule has 2 fully saturated rings. The van der Waals surface area contributed by atoms with Gasteiger partial charge in [0.2, 0.25) is 0 Å². The molecule has 15 heavy (non-hydrogen) atoms. The zero-order chi connectivity index (χ0) is 10.7. The maximum atomic E-state index is 5.91. The van der Waals surface area contributed by atoms with Crippen LogP contribution in [0.2, 0.25) is 0 Å². The molecule has 3 heteroatoms. The summed E-state index contributed by atoms with van der Waals surface area (Å²) in [5.74, 6) is 1.31. The van der Waals surface area contributed by atoms with Crippen molar-refractivity contribution in [3.8, 4) is 0 Å². The molecular weight excluding hydrogens is 190 g/mol. The van der Waals surface area contributed by atoms with Crippen LogP contribution in [-0.4, -0.2) is 32.1 Å². The molecule has 0 saturated carbocycles. The van der Waals surface area contributed by atoms with E-state index < -0.39 is 0 Å². The fraction of sp³-hybridized carbons (Fsp3) is 1.00. The molecule has 0 aromatic rings. The molecule has 0 aromatic heterocycles. The van der Waals surface area contributed by atoms with E-state index in [0.717, 1.165) is 32.8 Å². The second-order valence-electron chi connectivity index (χ2n) is 5.32. The Bertz CT molecular complexity index is 194. The average molecular weight is 213 g/mol. The number of nitrogens with one attached hydrogen (secondary N) is 1. The molecule has 1 N–H and O–H groups in total. The lowest BCUT2D eigenvalue weighted by atomic mass is 9.91. The molecule has 0 radical (unpaired) electrons. The van der Waals surface area contributed by atoms with Gasteiger partial charge in [0, 0.05) is 19.8 Å². The monoisotopic (exact) mass is 213 g/mol. The van der Waals surface area contributed by atoms with Gasteiger partial charge in [-0.1, -0.05) is 6.92 Å². The summed E-state index contributed by atoms with van der Waals surface area (Å²) in [6.07, 6.45) is 3.58. The molecule has 2 rings (SSSR count). The first-order valence-electron chi connectivity index (χ1n) is 6.15. The van der Waals surface area contributed by atoms with Crippen LogP contribution in [0.4, 0.5) is 0 Å². The van der Waals surface area contributed by atoms with Gasteiger partial charge in [0.1, 0.15) is 5.72 Å². The minimum absolute atomic E-state index is 0.113. The summed E-state index contributed by atoms with van der Waals surface area (Å²) in [7, 11) is 0. The molecule has 2 heterocycles. The van der Waals surface area contributed by atoms with Gasteiger partial charge in [-0.25, -0.2) is 0 Å². The maximum Gasteiger partial charge on any atom is 0.116 e. The summed E-state index contributed by atoms with van der Waals surface area (Å²) < 4.78 is 11.4. The van der Waals surface area contributed by atoms with Crippen LogP contribution in [-0.2, 0) is 9.47 Å². The molecule has 0 aromatic carbocycles. The standard InChI is InChI=1S/C12H23NO2/c1-10-7-13-12(2,15-8-10)6-11-4-3-5-14-9-11/h10-11,13H,3-9H2,1-2H3. The maximum absolute atomic E-state index is 5.91. The van der Waals surface area contributed by atoms with Crippen LogP contribution in [0.25, 0.3) is 0 Å². The van der Waals surface area contributed by atoms with E-state index in [0.29, 0.717) is 11.8 Å². The molecule has 2 saturated heterocycles. The third-order valence-corrected chi connectivity index (χ3v) is 3.44. The van der Waals surface area contributed by atoms with Crippen molar-refractivity contribution in [2.24, 2.45) is 11.8 Å². The zero-order valence-corrected chi connectivity index (χ0v) is 9.92. The Morgan fingerprint density at radius 3 is 2.87 bits per heavy atom. The molecule has 0 amide bonds. The smallest absolute Gasteiger partial charge is 0.116 e. The van der Waals surface area contributed by atoms with Crippen molar-refractivity contribution in [1.82, 2.24) is 5.32 Å². The molecule has 0 aliphatic carbocycles. The molecule has 3 atom stereocenters. The first-order chi connectivity index (χ1) is 7.18. The molecule has 0 spiro atoms. The molecule has 3 nitrogen and oxygen atoms in total. The van der Waals surface area contributed by atoms with E-state index in [4.69, 9.17) is 9.47 Å². The first-order valence-corrected chi connectivity index (χ1v) is 6.15. The van der Waals surface area contributed by atoms with Crippen LogP contribution in [0.15, 0.2) is 0 Å². The Balaban J connectivity index is 1.81. The predicted octanol–water partition coefficient (Wildman–Crippen LogP) is 1.78. The van der Waals surface area contributed by atoms with Crippen molar-refractivity contribution >= 4 is 0 Å². The number of rotatable bonds is 2. The quantitative estimate of drug-likeness (QED) is 0.758. The summed E-state index contributed by atoms with van der Waals surface area (Å²) in [5.41, 5.74) is -0.113. The van der Waals surface area contributed by atoms with Crippen LogP contribution in [0.5, 0.6) is 0 Å². The van der Waals surface area contributed by atoms with Crippen LogP contribution < -0.4 is 5.32 Å². The lowest BCUT2D eigenvalue weighted by Gasteiger charge is -2.40. The summed E-state index contributed by atoms with van der Waals surface area (Å²) in [6.45, 7) is 8.21. The Hall–Kier alpha value is -0.120. The van der Waals surface area contributed by atoms with Gasteiger partial charge >= 0.3 is 0 Å². The van der Waals surface area contributed by atoms with Crippen LogP contribution >= 0.6 is 0 Å². The summed E-state index contributed by atoms with van der Waals surface area (Å²) >= 11 is 0. The normalized spacial score (nSPS) is 42.8. The van der Waals surface area contributed by atoms with E-state index in [2.05, 4.69) is 19.2 Å². The predicted molar refractivity (Wildman–Crippen MR) is 59.7 cm³/mol. The van der Waals surface area contributed by atoms with Crippen molar-refractivity contribution in [2.75, 3.05) is 26.4 Å². The van der Waals surface area contributed by atoms with Crippen LogP contribution in [0.1, 0.15) is 33.1 Å². The zero-order valence-electron chi connectivity index (χ0n) is 9.92. The van der Waals surface area contributed by atoms with Gasteiger partial charge in [-0.3, -0.25) is 5.32 Å². The van der Waals surface area contributed by atoms with Gasteiger partial charge in [0.15, 0.2) is 0 Å². The number of ether oxygens (including phenoxy) is 2. The van der Waals surface area contributed by atoms with Crippen molar-refractivity contribution in [2.45, 2.75) is 38.8 Å². The van der Waals surface area contributed by atoms with Crippen molar-refractivity contribution < 1.29 is 9.47 Å². The van der Waals surface area contributed by atoms with Gasteiger partial charge in [-0.2, -0.15) is 0 Å². The average Bonchev–Trinajstić information content (AvgIpc) is 2.24. The highest BCUT2D eigenvalue weighted by Gasteiger charge is 2.33. The van der Waals surface area contributed by atoms with Gasteiger partial charge in [-0.05, 0) is 38.0 Å². The van der Waals surface area contributed by atoms with Crippen molar-refractivity contribution in [3.63, 3.8) is 0 Å². The summed E-state index contributed by atoms with van der Waals surface area (Å²) in [5, 5.41) is 3.51. The molecule has 88 valence electrons. The Morgan fingerprint density at radius 1 is 1.40 bits per heavy atom. The fourth-order valence-electron chi connectivity index (χ4n) is 2.48. The van der Waals surface area contributed by atoms with E-state index in [-0.39, 0.29) is 5.72 Å². The van der Waals surface area contributed by atoms with E-state index >= 15 is 0 Å². The molecule has 3 unspecified atom stereocenters. The molecule has 2 aliphatic heterocycles. The molecule has 2 aliphatic rings. The van der Waals surface area contributed by atoms with E-state index in [1.165, 1.54) is 12.8 Å². The number of hydrogen-bond acceptors (Lipinski definition) is 3. The van der Waals surface area contributed by atoms with Gasteiger partial charge in [0.05, 0.1) is 6.61 Å². The third-order valence-electron chi connectivity index (χ3n) is 3.44. The largest absolute Gasteiger partial charge is 0.381 e. The van der Waals surface area contributed by atoms with Gasteiger partial charge < -0.3 is 9.47 Å². The Kier molecular flexibility index (Phi) is 3.65. The summed E-state index contributed by atoms with van der Waals surface area (Å²) in [4.78, 5) is 0. The van der Waals surface area contributed by atoms with E-state index in [9.17, 15) is 0 Å². The lowest BCUT2D eigenvalue weighted by molar-refractivity contribution is -0.121. The van der Waals surface area contributed by atoms with Crippen molar-refractivity contribution in [3.05, 3.63) is 0 Å².